The Hall–Kier alpha value is -2.62. The van der Waals surface area contributed by atoms with Crippen LogP contribution in [0.2, 0.25) is 0 Å². The summed E-state index contributed by atoms with van der Waals surface area (Å²) < 4.78 is 45.9. The van der Waals surface area contributed by atoms with Gasteiger partial charge in [0.15, 0.2) is 0 Å². The third-order valence-corrected chi connectivity index (χ3v) is 7.42. The van der Waals surface area contributed by atoms with E-state index in [0.29, 0.717) is 5.69 Å². The van der Waals surface area contributed by atoms with Crippen LogP contribution in [0.3, 0.4) is 0 Å². The van der Waals surface area contributed by atoms with Crippen LogP contribution in [0.15, 0.2) is 58.8 Å². The van der Waals surface area contributed by atoms with Gasteiger partial charge in [0.1, 0.15) is 22.3 Å². The van der Waals surface area contributed by atoms with E-state index in [1.165, 1.54) is 17.4 Å². The Balaban J connectivity index is 1.74. The van der Waals surface area contributed by atoms with Crippen LogP contribution in [0.1, 0.15) is 29.9 Å². The molecule has 0 aliphatic rings. The number of ether oxygens (including phenoxy) is 1. The third-order valence-electron chi connectivity index (χ3n) is 4.41. The maximum absolute atomic E-state index is 14.2. The van der Waals surface area contributed by atoms with Gasteiger partial charge < -0.3 is 4.74 Å². The molecule has 0 saturated carbocycles. The van der Waals surface area contributed by atoms with E-state index in [2.05, 4.69) is 4.98 Å². The summed E-state index contributed by atoms with van der Waals surface area (Å²) in [6.45, 7) is 3.64. The summed E-state index contributed by atoms with van der Waals surface area (Å²) in [5.74, 6) is -1.66. The highest BCUT2D eigenvalue weighted by Crippen LogP contribution is 2.24. The molecular formula is C21H21FN2O4S2. The maximum atomic E-state index is 14.2. The standard InChI is InChI=1S/C21H21FN2O4S2/c1-3-24(4-2)30(26,27)19-12-16(10-11-18(19)22)21(25)28-13-17-14-29-20(23-17)15-8-6-5-7-9-15/h5-12,14H,3-4,13H2,1-2H3. The molecular weight excluding hydrogens is 427 g/mol. The lowest BCUT2D eigenvalue weighted by Crippen LogP contribution is -2.31. The number of hydrogen-bond donors (Lipinski definition) is 0. The lowest BCUT2D eigenvalue weighted by molar-refractivity contribution is 0.0468. The van der Waals surface area contributed by atoms with E-state index in [1.807, 2.05) is 30.3 Å². The van der Waals surface area contributed by atoms with Crippen molar-refractivity contribution in [3.05, 3.63) is 71.0 Å². The molecule has 0 aliphatic carbocycles. The van der Waals surface area contributed by atoms with Crippen LogP contribution in [-0.4, -0.2) is 36.8 Å². The monoisotopic (exact) mass is 448 g/mol. The van der Waals surface area contributed by atoms with Gasteiger partial charge in [-0.05, 0) is 18.2 Å². The molecule has 3 aromatic rings. The molecule has 30 heavy (non-hydrogen) atoms. The van der Waals surface area contributed by atoms with Crippen LogP contribution in [0.5, 0.6) is 0 Å². The summed E-state index contributed by atoms with van der Waals surface area (Å²) in [5.41, 5.74) is 1.50. The molecule has 0 bridgehead atoms. The molecule has 0 radical (unpaired) electrons. The quantitative estimate of drug-likeness (QED) is 0.479. The normalized spacial score (nSPS) is 11.6. The number of benzene rings is 2. The molecule has 1 heterocycles. The van der Waals surface area contributed by atoms with Crippen molar-refractivity contribution in [1.29, 1.82) is 0 Å². The summed E-state index contributed by atoms with van der Waals surface area (Å²) in [6.07, 6.45) is 0. The molecule has 6 nitrogen and oxygen atoms in total. The van der Waals surface area contributed by atoms with Crippen LogP contribution < -0.4 is 0 Å². The first-order valence-corrected chi connectivity index (χ1v) is 11.7. The summed E-state index contributed by atoms with van der Waals surface area (Å²) >= 11 is 1.43. The fourth-order valence-electron chi connectivity index (χ4n) is 2.84. The molecule has 158 valence electrons. The van der Waals surface area contributed by atoms with E-state index >= 15 is 0 Å². The van der Waals surface area contributed by atoms with Gasteiger partial charge in [0.25, 0.3) is 0 Å². The van der Waals surface area contributed by atoms with Crippen LogP contribution in [0.25, 0.3) is 10.6 Å². The topological polar surface area (TPSA) is 76.6 Å². The molecule has 0 aliphatic heterocycles. The molecule has 9 heteroatoms. The van der Waals surface area contributed by atoms with Gasteiger partial charge in [-0.1, -0.05) is 44.2 Å². The van der Waals surface area contributed by atoms with Crippen molar-refractivity contribution >= 4 is 27.3 Å². The van der Waals surface area contributed by atoms with Gasteiger partial charge in [0.2, 0.25) is 10.0 Å². The SMILES string of the molecule is CCN(CC)S(=O)(=O)c1cc(C(=O)OCc2csc(-c3ccccc3)n2)ccc1F. The van der Waals surface area contributed by atoms with E-state index < -0.39 is 26.7 Å². The van der Waals surface area contributed by atoms with Crippen LogP contribution >= 0.6 is 11.3 Å². The van der Waals surface area contributed by atoms with Gasteiger partial charge in [-0.3, -0.25) is 0 Å². The van der Waals surface area contributed by atoms with E-state index in [1.54, 1.807) is 19.2 Å². The second kappa shape index (κ2) is 9.46. The molecule has 0 atom stereocenters. The minimum atomic E-state index is -4.04. The number of aromatic nitrogens is 1. The number of esters is 1. The van der Waals surface area contributed by atoms with Crippen molar-refractivity contribution in [3.63, 3.8) is 0 Å². The van der Waals surface area contributed by atoms with Crippen molar-refractivity contribution in [2.75, 3.05) is 13.1 Å². The van der Waals surface area contributed by atoms with Crippen LogP contribution in [-0.2, 0) is 21.4 Å². The molecule has 2 aromatic carbocycles. The maximum Gasteiger partial charge on any atom is 0.338 e. The van der Waals surface area contributed by atoms with E-state index in [0.717, 1.165) is 27.0 Å². The van der Waals surface area contributed by atoms with E-state index in [-0.39, 0.29) is 25.3 Å². The average molecular weight is 449 g/mol. The Bertz CT molecular complexity index is 1130. The molecule has 0 amide bonds. The minimum Gasteiger partial charge on any atom is -0.456 e. The number of halogens is 1. The summed E-state index contributed by atoms with van der Waals surface area (Å²) in [5, 5.41) is 2.59. The first-order chi connectivity index (χ1) is 14.4. The molecule has 0 fully saturated rings. The molecule has 0 N–H and O–H groups in total. The highest BCUT2D eigenvalue weighted by Gasteiger charge is 2.26. The first-order valence-electron chi connectivity index (χ1n) is 9.33. The van der Waals surface area contributed by atoms with Crippen LogP contribution in [0.4, 0.5) is 4.39 Å². The first kappa shape index (κ1) is 22.1. The molecule has 1 aromatic heterocycles. The number of nitrogens with zero attached hydrogens (tertiary/aromatic N) is 2. The minimum absolute atomic E-state index is 0.0411. The van der Waals surface area contributed by atoms with Crippen LogP contribution in [0, 0.1) is 5.82 Å². The Morgan fingerprint density at radius 3 is 2.50 bits per heavy atom. The number of carbonyl (C=O) groups is 1. The summed E-state index contributed by atoms with van der Waals surface area (Å²) in [6, 6.07) is 12.8. The van der Waals surface area contributed by atoms with Crippen molar-refractivity contribution in [2.45, 2.75) is 25.3 Å². The van der Waals surface area contributed by atoms with Gasteiger partial charge in [-0.15, -0.1) is 11.3 Å². The molecule has 0 saturated heterocycles. The molecule has 0 unspecified atom stereocenters. The molecule has 3 rings (SSSR count). The number of rotatable bonds is 8. The predicted molar refractivity (Wildman–Crippen MR) is 113 cm³/mol. The van der Waals surface area contributed by atoms with E-state index in [9.17, 15) is 17.6 Å². The van der Waals surface area contributed by atoms with Gasteiger partial charge >= 0.3 is 5.97 Å². The van der Waals surface area contributed by atoms with Gasteiger partial charge in [0.05, 0.1) is 11.3 Å². The Kier molecular flexibility index (Phi) is 6.96. The fourth-order valence-corrected chi connectivity index (χ4v) is 5.20. The Labute approximate surface area is 179 Å². The third kappa shape index (κ3) is 4.75. The fraction of sp³-hybridized carbons (Fsp3) is 0.238. The van der Waals surface area contributed by atoms with Crippen molar-refractivity contribution in [1.82, 2.24) is 9.29 Å². The number of carbonyl (C=O) groups excluding carboxylic acids is 1. The Morgan fingerprint density at radius 1 is 1.13 bits per heavy atom. The zero-order chi connectivity index (χ0) is 21.7. The highest BCUT2D eigenvalue weighted by molar-refractivity contribution is 7.89. The second-order valence-corrected chi connectivity index (χ2v) is 9.09. The van der Waals surface area contributed by atoms with Gasteiger partial charge in [-0.25, -0.2) is 22.6 Å². The van der Waals surface area contributed by atoms with Crippen molar-refractivity contribution < 1.29 is 22.3 Å². The van der Waals surface area contributed by atoms with Gasteiger partial charge in [0, 0.05) is 24.0 Å². The summed E-state index contributed by atoms with van der Waals surface area (Å²) in [4.78, 5) is 16.3. The smallest absolute Gasteiger partial charge is 0.338 e. The predicted octanol–water partition coefficient (Wildman–Crippen LogP) is 4.34. The number of sulfonamides is 1. The lowest BCUT2D eigenvalue weighted by atomic mass is 10.2. The molecule has 0 spiro atoms. The highest BCUT2D eigenvalue weighted by atomic mass is 32.2. The van der Waals surface area contributed by atoms with Gasteiger partial charge in [-0.2, -0.15) is 4.31 Å². The zero-order valence-corrected chi connectivity index (χ0v) is 18.2. The lowest BCUT2D eigenvalue weighted by Gasteiger charge is -2.19. The second-order valence-electron chi connectivity index (χ2n) is 6.32. The number of thiazole rings is 1. The average Bonchev–Trinajstić information content (AvgIpc) is 3.22. The summed E-state index contributed by atoms with van der Waals surface area (Å²) in [7, 11) is -4.04. The van der Waals surface area contributed by atoms with E-state index in [4.69, 9.17) is 4.74 Å². The van der Waals surface area contributed by atoms with Crippen molar-refractivity contribution in [2.24, 2.45) is 0 Å². The zero-order valence-electron chi connectivity index (χ0n) is 16.5. The number of hydrogen-bond acceptors (Lipinski definition) is 6. The van der Waals surface area contributed by atoms with Crippen molar-refractivity contribution in [3.8, 4) is 10.6 Å². The Morgan fingerprint density at radius 2 is 1.83 bits per heavy atom. The largest absolute Gasteiger partial charge is 0.456 e.